The molecule has 0 unspecified atom stereocenters. The van der Waals surface area contributed by atoms with Crippen molar-refractivity contribution >= 4 is 5.97 Å². The van der Waals surface area contributed by atoms with E-state index in [1.54, 1.807) is 0 Å². The molecule has 0 amide bonds. The fraction of sp³-hybridized carbons (Fsp3) is 0.500. The van der Waals surface area contributed by atoms with Gasteiger partial charge in [-0.1, -0.05) is 49.6 Å². The largest absolute Gasteiger partial charge is 0.481 e. The van der Waals surface area contributed by atoms with Gasteiger partial charge in [-0.05, 0) is 24.3 Å². The molecule has 0 aliphatic heterocycles. The first kappa shape index (κ1) is 11.2. The maximum atomic E-state index is 11.3. The Hall–Kier alpha value is -1.31. The zero-order valence-corrected chi connectivity index (χ0v) is 9.43. The van der Waals surface area contributed by atoms with E-state index in [2.05, 4.69) is 12.1 Å². The van der Waals surface area contributed by atoms with Crippen molar-refractivity contribution in [2.45, 2.75) is 38.0 Å². The van der Waals surface area contributed by atoms with Gasteiger partial charge in [0, 0.05) is 0 Å². The van der Waals surface area contributed by atoms with Crippen LogP contribution in [0.1, 0.15) is 43.6 Å². The van der Waals surface area contributed by atoms with Crippen LogP contribution in [-0.4, -0.2) is 11.1 Å². The highest BCUT2D eigenvalue weighted by Gasteiger charge is 2.30. The third-order valence-electron chi connectivity index (χ3n) is 3.56. The molecular formula is C14H18O2. The molecule has 0 radical (unpaired) electrons. The highest BCUT2D eigenvalue weighted by molar-refractivity contribution is 5.71. The first-order valence-electron chi connectivity index (χ1n) is 6.07. The van der Waals surface area contributed by atoms with E-state index in [-0.39, 0.29) is 11.8 Å². The Bertz CT molecular complexity index is 345. The molecule has 1 aromatic carbocycles. The van der Waals surface area contributed by atoms with E-state index in [0.717, 1.165) is 25.7 Å². The van der Waals surface area contributed by atoms with Crippen LogP contribution >= 0.6 is 0 Å². The molecule has 2 nitrogen and oxygen atoms in total. The van der Waals surface area contributed by atoms with Crippen molar-refractivity contribution in [1.82, 2.24) is 0 Å². The van der Waals surface area contributed by atoms with Crippen LogP contribution in [0.25, 0.3) is 0 Å². The van der Waals surface area contributed by atoms with Crippen molar-refractivity contribution in [2.24, 2.45) is 5.92 Å². The van der Waals surface area contributed by atoms with Gasteiger partial charge in [-0.25, -0.2) is 0 Å². The second kappa shape index (κ2) is 5.15. The Morgan fingerprint density at radius 2 is 1.75 bits per heavy atom. The van der Waals surface area contributed by atoms with Crippen molar-refractivity contribution in [2.75, 3.05) is 0 Å². The summed E-state index contributed by atoms with van der Waals surface area (Å²) in [6, 6.07) is 10.1. The molecule has 2 heteroatoms. The normalized spacial score (nSPS) is 26.0. The van der Waals surface area contributed by atoms with Gasteiger partial charge in [0.1, 0.15) is 0 Å². The minimum Gasteiger partial charge on any atom is -0.481 e. The van der Waals surface area contributed by atoms with Gasteiger partial charge in [-0.3, -0.25) is 4.79 Å². The first-order valence-corrected chi connectivity index (χ1v) is 6.07. The first-order chi connectivity index (χ1) is 7.79. The summed E-state index contributed by atoms with van der Waals surface area (Å²) in [5.74, 6) is -0.609. The van der Waals surface area contributed by atoms with Crippen molar-refractivity contribution in [1.29, 1.82) is 0 Å². The molecular weight excluding hydrogens is 200 g/mol. The molecule has 1 N–H and O–H groups in total. The van der Waals surface area contributed by atoms with E-state index in [1.165, 1.54) is 12.0 Å². The van der Waals surface area contributed by atoms with E-state index in [4.69, 9.17) is 0 Å². The minimum atomic E-state index is -0.629. The average molecular weight is 218 g/mol. The quantitative estimate of drug-likeness (QED) is 0.772. The van der Waals surface area contributed by atoms with Gasteiger partial charge < -0.3 is 5.11 Å². The Kier molecular flexibility index (Phi) is 3.60. The SMILES string of the molecule is O=C(O)[C@@H]1CCCCC[C@@H]1c1ccccc1. The number of benzene rings is 1. The van der Waals surface area contributed by atoms with Crippen LogP contribution in [-0.2, 0) is 4.79 Å². The fourth-order valence-electron chi connectivity index (χ4n) is 2.70. The molecule has 16 heavy (non-hydrogen) atoms. The third kappa shape index (κ3) is 2.43. The maximum absolute atomic E-state index is 11.3. The van der Waals surface area contributed by atoms with Crippen molar-refractivity contribution in [3.63, 3.8) is 0 Å². The number of rotatable bonds is 2. The predicted octanol–water partition coefficient (Wildman–Crippen LogP) is 3.44. The maximum Gasteiger partial charge on any atom is 0.307 e. The summed E-state index contributed by atoms with van der Waals surface area (Å²) in [5.41, 5.74) is 1.19. The highest BCUT2D eigenvalue weighted by atomic mass is 16.4. The third-order valence-corrected chi connectivity index (χ3v) is 3.56. The summed E-state index contributed by atoms with van der Waals surface area (Å²) in [6.45, 7) is 0. The Labute approximate surface area is 96.3 Å². The number of carboxylic acids is 1. The molecule has 0 bridgehead atoms. The zero-order chi connectivity index (χ0) is 11.4. The van der Waals surface area contributed by atoms with Crippen LogP contribution < -0.4 is 0 Å². The highest BCUT2D eigenvalue weighted by Crippen LogP contribution is 2.36. The molecule has 1 aliphatic rings. The molecule has 0 heterocycles. The minimum absolute atomic E-state index is 0.190. The van der Waals surface area contributed by atoms with Gasteiger partial charge in [-0.15, -0.1) is 0 Å². The van der Waals surface area contributed by atoms with Gasteiger partial charge in [0.2, 0.25) is 0 Å². The topological polar surface area (TPSA) is 37.3 Å². The van der Waals surface area contributed by atoms with E-state index in [9.17, 15) is 9.90 Å². The summed E-state index contributed by atoms with van der Waals surface area (Å²) >= 11 is 0. The Balaban J connectivity index is 2.24. The monoisotopic (exact) mass is 218 g/mol. The lowest BCUT2D eigenvalue weighted by Crippen LogP contribution is -2.21. The average Bonchev–Trinajstić information content (AvgIpc) is 2.55. The van der Waals surface area contributed by atoms with Crippen LogP contribution in [0.3, 0.4) is 0 Å². The summed E-state index contributed by atoms with van der Waals surface area (Å²) in [7, 11) is 0. The van der Waals surface area contributed by atoms with Crippen LogP contribution in [0.15, 0.2) is 30.3 Å². The van der Waals surface area contributed by atoms with Crippen LogP contribution in [0, 0.1) is 5.92 Å². The lowest BCUT2D eigenvalue weighted by atomic mass is 9.82. The van der Waals surface area contributed by atoms with E-state index in [1.807, 2.05) is 18.2 Å². The summed E-state index contributed by atoms with van der Waals surface area (Å²) in [6.07, 6.45) is 5.23. The molecule has 1 aromatic rings. The number of hydrogen-bond donors (Lipinski definition) is 1. The number of aliphatic carboxylic acids is 1. The Morgan fingerprint density at radius 3 is 2.44 bits per heavy atom. The van der Waals surface area contributed by atoms with E-state index >= 15 is 0 Å². The molecule has 1 saturated carbocycles. The standard InChI is InChI=1S/C14H18O2/c15-14(16)13-10-6-2-5-9-12(13)11-7-3-1-4-8-11/h1,3-4,7-8,12-13H,2,5-6,9-10H2,(H,15,16)/t12-,13-/m1/s1. The zero-order valence-electron chi connectivity index (χ0n) is 9.43. The second-order valence-electron chi connectivity index (χ2n) is 4.60. The van der Waals surface area contributed by atoms with Crippen LogP contribution in [0.4, 0.5) is 0 Å². The van der Waals surface area contributed by atoms with Crippen molar-refractivity contribution in [3.8, 4) is 0 Å². The molecule has 0 aromatic heterocycles. The van der Waals surface area contributed by atoms with Gasteiger partial charge in [0.25, 0.3) is 0 Å². The molecule has 0 spiro atoms. The van der Waals surface area contributed by atoms with Gasteiger partial charge in [-0.2, -0.15) is 0 Å². The van der Waals surface area contributed by atoms with Crippen molar-refractivity contribution < 1.29 is 9.90 Å². The lowest BCUT2D eigenvalue weighted by Gasteiger charge is -2.21. The van der Waals surface area contributed by atoms with Gasteiger partial charge in [0.15, 0.2) is 0 Å². The smallest absolute Gasteiger partial charge is 0.307 e. The predicted molar refractivity (Wildman–Crippen MR) is 63.4 cm³/mol. The van der Waals surface area contributed by atoms with Gasteiger partial charge >= 0.3 is 5.97 Å². The van der Waals surface area contributed by atoms with Crippen molar-refractivity contribution in [3.05, 3.63) is 35.9 Å². The molecule has 2 rings (SSSR count). The summed E-state index contributed by atoms with van der Waals surface area (Å²) < 4.78 is 0. The summed E-state index contributed by atoms with van der Waals surface area (Å²) in [5, 5.41) is 9.29. The van der Waals surface area contributed by atoms with Crippen LogP contribution in [0.2, 0.25) is 0 Å². The van der Waals surface area contributed by atoms with Crippen LogP contribution in [0.5, 0.6) is 0 Å². The molecule has 86 valence electrons. The second-order valence-corrected chi connectivity index (χ2v) is 4.60. The lowest BCUT2D eigenvalue weighted by molar-refractivity contribution is -0.142. The molecule has 2 atom stereocenters. The number of carbonyl (C=O) groups is 1. The molecule has 1 fully saturated rings. The van der Waals surface area contributed by atoms with Gasteiger partial charge in [0.05, 0.1) is 5.92 Å². The molecule has 0 saturated heterocycles. The number of carboxylic acid groups (broad SMARTS) is 1. The van der Waals surface area contributed by atoms with E-state index < -0.39 is 5.97 Å². The van der Waals surface area contributed by atoms with E-state index in [0.29, 0.717) is 0 Å². The fourth-order valence-corrected chi connectivity index (χ4v) is 2.70. The number of hydrogen-bond acceptors (Lipinski definition) is 1. The Morgan fingerprint density at radius 1 is 1.06 bits per heavy atom. The summed E-state index contributed by atoms with van der Waals surface area (Å²) in [4.78, 5) is 11.3. The molecule has 1 aliphatic carbocycles.